The molecule has 0 aliphatic heterocycles. The van der Waals surface area contributed by atoms with Gasteiger partial charge in [-0.05, 0) is 82.6 Å². The van der Waals surface area contributed by atoms with E-state index < -0.39 is 0 Å². The number of ketones is 3. The van der Waals surface area contributed by atoms with Crippen molar-refractivity contribution in [2.45, 2.75) is 112 Å². The third-order valence-corrected chi connectivity index (χ3v) is 7.67. The molecule has 4 aliphatic carbocycles. The number of allylic oxidation sites excluding steroid dienone is 2. The van der Waals surface area contributed by atoms with Crippen LogP contribution >= 0.6 is 0 Å². The zero-order valence-corrected chi connectivity index (χ0v) is 20.7. The smallest absolute Gasteiger partial charge is 0.155 e. The molecule has 4 rings (SSSR count). The third-order valence-electron chi connectivity index (χ3n) is 7.67. The molecule has 0 bridgehead atoms. The Morgan fingerprint density at radius 2 is 1.29 bits per heavy atom. The minimum absolute atomic E-state index is 0.240. The number of hydrogen-bond donors (Lipinski definition) is 1. The number of Topliss-reactive ketones (excluding diaryl/α,β-unsaturated/α-hetero) is 3. The minimum atomic E-state index is 0.240. The highest BCUT2D eigenvalue weighted by atomic mass is 16.3. The normalized spacial score (nSPS) is 21.5. The topological polar surface area (TPSA) is 71.4 Å². The molecular weight excluding hydrogens is 388 g/mol. The first-order valence-electron chi connectivity index (χ1n) is 12.5. The minimum Gasteiger partial charge on any atom is -0.396 e. The Morgan fingerprint density at radius 3 is 1.39 bits per heavy atom. The van der Waals surface area contributed by atoms with Gasteiger partial charge in [0.25, 0.3) is 0 Å². The van der Waals surface area contributed by atoms with Crippen molar-refractivity contribution < 1.29 is 19.5 Å². The lowest BCUT2D eigenvalue weighted by Crippen LogP contribution is -2.24. The molecule has 0 heterocycles. The van der Waals surface area contributed by atoms with E-state index >= 15 is 0 Å². The first kappa shape index (κ1) is 27.7. The molecular formula is C27H46O4. The van der Waals surface area contributed by atoms with Gasteiger partial charge in [0.05, 0.1) is 0 Å². The summed E-state index contributed by atoms with van der Waals surface area (Å²) in [5.41, 5.74) is 2.38. The average molecular weight is 435 g/mol. The van der Waals surface area contributed by atoms with Crippen LogP contribution in [-0.2, 0) is 14.4 Å². The fourth-order valence-electron chi connectivity index (χ4n) is 3.73. The van der Waals surface area contributed by atoms with E-state index in [2.05, 4.69) is 6.92 Å². The highest BCUT2D eigenvalue weighted by molar-refractivity contribution is 5.93. The number of carbonyl (C=O) groups is 3. The highest BCUT2D eigenvalue weighted by Crippen LogP contribution is 2.33. The van der Waals surface area contributed by atoms with Gasteiger partial charge in [-0.15, -0.1) is 0 Å². The number of rotatable bonds is 5. The second kappa shape index (κ2) is 14.7. The second-order valence-corrected chi connectivity index (χ2v) is 9.97. The second-order valence-electron chi connectivity index (χ2n) is 9.97. The molecule has 0 spiro atoms. The van der Waals surface area contributed by atoms with Crippen LogP contribution in [0.4, 0.5) is 0 Å². The van der Waals surface area contributed by atoms with Gasteiger partial charge in [0.15, 0.2) is 5.78 Å². The summed E-state index contributed by atoms with van der Waals surface area (Å²) in [5.74, 6) is 3.50. The largest absolute Gasteiger partial charge is 0.396 e. The van der Waals surface area contributed by atoms with Crippen molar-refractivity contribution in [3.8, 4) is 0 Å². The summed E-state index contributed by atoms with van der Waals surface area (Å²) in [6.07, 6.45) is 14.4. The van der Waals surface area contributed by atoms with E-state index in [1.165, 1.54) is 50.5 Å². The van der Waals surface area contributed by atoms with Gasteiger partial charge in [0.1, 0.15) is 11.6 Å². The van der Waals surface area contributed by atoms with Crippen LogP contribution in [0, 0.1) is 23.7 Å². The molecule has 0 radical (unpaired) electrons. The van der Waals surface area contributed by atoms with Crippen molar-refractivity contribution in [1.82, 2.24) is 0 Å². The Labute approximate surface area is 190 Å². The van der Waals surface area contributed by atoms with Gasteiger partial charge in [-0.25, -0.2) is 0 Å². The summed E-state index contributed by atoms with van der Waals surface area (Å²) in [5, 5.41) is 8.67. The van der Waals surface area contributed by atoms with E-state index in [0.29, 0.717) is 30.0 Å². The maximum Gasteiger partial charge on any atom is 0.155 e. The Hall–Kier alpha value is -1.29. The average Bonchev–Trinajstić information content (AvgIpc) is 2.56. The van der Waals surface area contributed by atoms with Crippen LogP contribution in [0.3, 0.4) is 0 Å². The molecule has 2 atom stereocenters. The van der Waals surface area contributed by atoms with E-state index in [1.54, 1.807) is 13.8 Å². The Bertz CT molecular complexity index is 596. The van der Waals surface area contributed by atoms with Crippen molar-refractivity contribution in [2.75, 3.05) is 6.61 Å². The van der Waals surface area contributed by atoms with Gasteiger partial charge in [0.2, 0.25) is 0 Å². The highest BCUT2D eigenvalue weighted by Gasteiger charge is 2.26. The summed E-state index contributed by atoms with van der Waals surface area (Å²) < 4.78 is 0. The number of aliphatic hydroxyl groups excluding tert-OH is 1. The van der Waals surface area contributed by atoms with Gasteiger partial charge in [-0.1, -0.05) is 45.1 Å². The maximum atomic E-state index is 10.8. The van der Waals surface area contributed by atoms with Gasteiger partial charge in [-0.3, -0.25) is 14.4 Å². The Kier molecular flexibility index (Phi) is 13.2. The Balaban J connectivity index is 0.000000211. The van der Waals surface area contributed by atoms with E-state index in [4.69, 9.17) is 5.11 Å². The first-order chi connectivity index (χ1) is 14.7. The SMILES string of the molecule is CC(=O)C(C)=C1CCC1.CC(=O)C(C)C1CCC1.CC(CO)C1CCC1.O=C1CCC1. The van der Waals surface area contributed by atoms with Crippen molar-refractivity contribution >= 4 is 17.3 Å². The quantitative estimate of drug-likeness (QED) is 0.520. The summed E-state index contributed by atoms with van der Waals surface area (Å²) in [6.45, 7) is 9.82. The molecule has 1 N–H and O–H groups in total. The molecule has 4 saturated carbocycles. The molecule has 0 aromatic carbocycles. The lowest BCUT2D eigenvalue weighted by atomic mass is 9.75. The molecule has 0 amide bonds. The van der Waals surface area contributed by atoms with Crippen LogP contribution in [-0.4, -0.2) is 29.1 Å². The summed E-state index contributed by atoms with van der Waals surface area (Å²) in [4.78, 5) is 31.4. The van der Waals surface area contributed by atoms with Crippen LogP contribution in [0.5, 0.6) is 0 Å². The lowest BCUT2D eigenvalue weighted by molar-refractivity contribution is -0.124. The molecule has 0 aromatic rings. The molecule has 2 unspecified atom stereocenters. The lowest BCUT2D eigenvalue weighted by Gasteiger charge is -2.29. The first-order valence-corrected chi connectivity index (χ1v) is 12.5. The Morgan fingerprint density at radius 1 is 0.839 bits per heavy atom. The summed E-state index contributed by atoms with van der Waals surface area (Å²) >= 11 is 0. The van der Waals surface area contributed by atoms with Crippen molar-refractivity contribution in [2.24, 2.45) is 23.7 Å². The molecule has 0 aromatic heterocycles. The third kappa shape index (κ3) is 10.2. The van der Waals surface area contributed by atoms with E-state index in [1.807, 2.05) is 13.8 Å². The monoisotopic (exact) mass is 434 g/mol. The molecule has 4 nitrogen and oxygen atoms in total. The molecule has 4 fully saturated rings. The maximum absolute atomic E-state index is 10.8. The molecule has 31 heavy (non-hydrogen) atoms. The zero-order valence-electron chi connectivity index (χ0n) is 20.7. The predicted molar refractivity (Wildman–Crippen MR) is 127 cm³/mol. The van der Waals surface area contributed by atoms with Gasteiger partial charge >= 0.3 is 0 Å². The van der Waals surface area contributed by atoms with Crippen LogP contribution in [0.2, 0.25) is 0 Å². The zero-order chi connectivity index (χ0) is 23.4. The van der Waals surface area contributed by atoms with E-state index in [9.17, 15) is 14.4 Å². The van der Waals surface area contributed by atoms with Gasteiger partial charge < -0.3 is 5.11 Å². The van der Waals surface area contributed by atoms with E-state index in [-0.39, 0.29) is 5.78 Å². The fourth-order valence-corrected chi connectivity index (χ4v) is 3.73. The fraction of sp³-hybridized carbons (Fsp3) is 0.815. The predicted octanol–water partition coefficient (Wildman–Crippen LogP) is 6.24. The van der Waals surface area contributed by atoms with Crippen molar-refractivity contribution in [1.29, 1.82) is 0 Å². The number of hydrogen-bond acceptors (Lipinski definition) is 4. The molecule has 4 aliphatic rings. The number of aliphatic hydroxyl groups is 1. The summed E-state index contributed by atoms with van der Waals surface area (Å²) in [6, 6.07) is 0. The molecule has 0 saturated heterocycles. The van der Waals surface area contributed by atoms with Crippen LogP contribution in [0.25, 0.3) is 0 Å². The standard InChI is InChI=1S/C8H14O.C8H12O.C7H14O.C4H6O/c2*1-6(7(2)9)8-4-3-5-8;1-6(5-8)7-3-2-4-7;5-4-2-1-3-4/h6,8H,3-5H2,1-2H3;3-5H2,1-2H3;6-8H,2-5H2,1H3;1-3H2. The van der Waals surface area contributed by atoms with Gasteiger partial charge in [0, 0.05) is 25.4 Å². The van der Waals surface area contributed by atoms with Crippen LogP contribution in [0.1, 0.15) is 112 Å². The summed E-state index contributed by atoms with van der Waals surface area (Å²) in [7, 11) is 0. The molecule has 178 valence electrons. The van der Waals surface area contributed by atoms with E-state index in [0.717, 1.165) is 49.5 Å². The van der Waals surface area contributed by atoms with Crippen LogP contribution < -0.4 is 0 Å². The molecule has 4 heteroatoms. The van der Waals surface area contributed by atoms with Crippen molar-refractivity contribution in [3.63, 3.8) is 0 Å². The number of carbonyl (C=O) groups excluding carboxylic acids is 3. The van der Waals surface area contributed by atoms with Gasteiger partial charge in [-0.2, -0.15) is 0 Å². The van der Waals surface area contributed by atoms with Crippen LogP contribution in [0.15, 0.2) is 11.1 Å². The van der Waals surface area contributed by atoms with Crippen molar-refractivity contribution in [3.05, 3.63) is 11.1 Å².